The number of carboxylic acid groups (broad SMARTS) is 1. The van der Waals surface area contributed by atoms with Crippen LogP contribution in [0.25, 0.3) is 0 Å². The third-order valence-electron chi connectivity index (χ3n) is 3.38. The monoisotopic (exact) mass is 314 g/mol. The molecule has 2 rings (SSSR count). The van der Waals surface area contributed by atoms with Crippen LogP contribution in [-0.2, 0) is 9.84 Å². The Bertz CT molecular complexity index is 714. The molecule has 1 aromatic carbocycles. The number of hydrogen-bond donors (Lipinski definition) is 2. The van der Waals surface area contributed by atoms with E-state index >= 15 is 0 Å². The van der Waals surface area contributed by atoms with Crippen molar-refractivity contribution in [3.05, 3.63) is 33.9 Å². The first-order valence-electron chi connectivity index (χ1n) is 6.12. The Kier molecular flexibility index (Phi) is 3.62. The Hall–Kier alpha value is -2.16. The van der Waals surface area contributed by atoms with Gasteiger partial charge in [-0.25, -0.2) is 13.2 Å². The number of nitro groups is 1. The number of nitrogens with zero attached hydrogens (tertiary/aromatic N) is 1. The highest BCUT2D eigenvalue weighted by atomic mass is 32.2. The minimum atomic E-state index is -3.18. The molecule has 1 aliphatic rings. The Morgan fingerprint density at radius 2 is 2.14 bits per heavy atom. The summed E-state index contributed by atoms with van der Waals surface area (Å²) >= 11 is 0. The Balaban J connectivity index is 2.40. The smallest absolute Gasteiger partial charge is 0.337 e. The second-order valence-electron chi connectivity index (χ2n) is 5.32. The number of benzene rings is 1. The zero-order chi connectivity index (χ0) is 15.8. The lowest BCUT2D eigenvalue weighted by Gasteiger charge is -2.26. The van der Waals surface area contributed by atoms with E-state index in [2.05, 4.69) is 5.32 Å². The molecule has 1 saturated heterocycles. The maximum atomic E-state index is 11.6. The van der Waals surface area contributed by atoms with Gasteiger partial charge in [0, 0.05) is 17.7 Å². The molecule has 1 heterocycles. The van der Waals surface area contributed by atoms with Crippen molar-refractivity contribution in [3.8, 4) is 0 Å². The number of nitrogens with one attached hydrogen (secondary N) is 1. The van der Waals surface area contributed by atoms with E-state index in [4.69, 9.17) is 5.11 Å². The molecular formula is C12H14N2O6S. The standard InChI is InChI=1S/C12H14N2O6S/c1-12(4-5-21(19,20)7-12)13-10-6-8(14(17)18)2-3-9(10)11(15)16/h2-3,6,13H,4-5,7H2,1H3,(H,15,16). The third kappa shape index (κ3) is 3.30. The molecule has 8 nitrogen and oxygen atoms in total. The van der Waals surface area contributed by atoms with Gasteiger partial charge in [-0.1, -0.05) is 0 Å². The van der Waals surface area contributed by atoms with Crippen LogP contribution in [0.1, 0.15) is 23.7 Å². The first kappa shape index (κ1) is 15.2. The first-order valence-corrected chi connectivity index (χ1v) is 7.94. The summed E-state index contributed by atoms with van der Waals surface area (Å²) in [7, 11) is -3.18. The summed E-state index contributed by atoms with van der Waals surface area (Å²) in [5.74, 6) is -1.37. The topological polar surface area (TPSA) is 127 Å². The number of hydrogen-bond acceptors (Lipinski definition) is 6. The van der Waals surface area contributed by atoms with Crippen molar-refractivity contribution in [1.29, 1.82) is 0 Å². The van der Waals surface area contributed by atoms with Crippen LogP contribution in [0, 0.1) is 10.1 Å². The van der Waals surface area contributed by atoms with E-state index in [1.807, 2.05) is 0 Å². The van der Waals surface area contributed by atoms with Crippen LogP contribution in [0.15, 0.2) is 18.2 Å². The molecule has 114 valence electrons. The van der Waals surface area contributed by atoms with Crippen molar-refractivity contribution in [2.24, 2.45) is 0 Å². The molecule has 2 N–H and O–H groups in total. The Labute approximate surface area is 120 Å². The van der Waals surface area contributed by atoms with Crippen molar-refractivity contribution in [2.45, 2.75) is 18.9 Å². The van der Waals surface area contributed by atoms with Crippen molar-refractivity contribution in [1.82, 2.24) is 0 Å². The third-order valence-corrected chi connectivity index (χ3v) is 5.29. The lowest BCUT2D eigenvalue weighted by Crippen LogP contribution is -2.36. The summed E-state index contributed by atoms with van der Waals surface area (Å²) in [6, 6.07) is 3.34. The molecule has 1 aromatic rings. The summed E-state index contributed by atoms with van der Waals surface area (Å²) < 4.78 is 23.1. The lowest BCUT2D eigenvalue weighted by molar-refractivity contribution is -0.384. The molecule has 1 atom stereocenters. The SMILES string of the molecule is CC1(Nc2cc([N+](=O)[O-])ccc2C(=O)O)CCS(=O)(=O)C1. The van der Waals surface area contributed by atoms with E-state index in [0.29, 0.717) is 6.42 Å². The fraction of sp³-hybridized carbons (Fsp3) is 0.417. The van der Waals surface area contributed by atoms with Gasteiger partial charge in [-0.2, -0.15) is 0 Å². The number of non-ortho nitro benzene ring substituents is 1. The molecule has 0 aliphatic carbocycles. The number of anilines is 1. The number of nitro benzene ring substituents is 1. The van der Waals surface area contributed by atoms with E-state index in [1.165, 1.54) is 0 Å². The lowest BCUT2D eigenvalue weighted by atomic mass is 10.0. The van der Waals surface area contributed by atoms with E-state index in [-0.39, 0.29) is 28.4 Å². The molecule has 0 spiro atoms. The fourth-order valence-corrected chi connectivity index (χ4v) is 4.46. The van der Waals surface area contributed by atoms with Crippen LogP contribution in [0.3, 0.4) is 0 Å². The van der Waals surface area contributed by atoms with E-state index < -0.39 is 26.3 Å². The molecule has 0 amide bonds. The van der Waals surface area contributed by atoms with Crippen molar-refractivity contribution in [3.63, 3.8) is 0 Å². The van der Waals surface area contributed by atoms with Gasteiger partial charge in [0.1, 0.15) is 0 Å². The minimum absolute atomic E-state index is 0.00777. The minimum Gasteiger partial charge on any atom is -0.478 e. The maximum Gasteiger partial charge on any atom is 0.337 e. The highest BCUT2D eigenvalue weighted by molar-refractivity contribution is 7.91. The van der Waals surface area contributed by atoms with Gasteiger partial charge in [0.25, 0.3) is 5.69 Å². The quantitative estimate of drug-likeness (QED) is 0.633. The number of rotatable bonds is 4. The van der Waals surface area contributed by atoms with E-state index in [0.717, 1.165) is 18.2 Å². The van der Waals surface area contributed by atoms with Gasteiger partial charge in [-0.05, 0) is 19.4 Å². The predicted octanol–water partition coefficient (Wildman–Crippen LogP) is 1.28. The number of carboxylic acids is 1. The Morgan fingerprint density at radius 1 is 1.48 bits per heavy atom. The zero-order valence-electron chi connectivity index (χ0n) is 11.2. The summed E-state index contributed by atoms with van der Waals surface area (Å²) in [5.41, 5.74) is -1.17. The normalized spacial score (nSPS) is 23.7. The van der Waals surface area contributed by atoms with Crippen LogP contribution < -0.4 is 5.32 Å². The molecule has 1 fully saturated rings. The maximum absolute atomic E-state index is 11.6. The largest absolute Gasteiger partial charge is 0.478 e. The van der Waals surface area contributed by atoms with Crippen molar-refractivity contribution >= 4 is 27.2 Å². The first-order chi connectivity index (χ1) is 9.62. The van der Waals surface area contributed by atoms with E-state index in [9.17, 15) is 23.3 Å². The van der Waals surface area contributed by atoms with Gasteiger partial charge < -0.3 is 10.4 Å². The van der Waals surface area contributed by atoms with Gasteiger partial charge in [0.05, 0.1) is 27.7 Å². The van der Waals surface area contributed by atoms with Gasteiger partial charge in [0.15, 0.2) is 9.84 Å². The van der Waals surface area contributed by atoms with Gasteiger partial charge in [0.2, 0.25) is 0 Å². The second kappa shape index (κ2) is 4.99. The molecule has 21 heavy (non-hydrogen) atoms. The van der Waals surface area contributed by atoms with Gasteiger partial charge >= 0.3 is 5.97 Å². The summed E-state index contributed by atoms with van der Waals surface area (Å²) in [6.45, 7) is 1.65. The highest BCUT2D eigenvalue weighted by Gasteiger charge is 2.39. The summed E-state index contributed by atoms with van der Waals surface area (Å²) in [5, 5.41) is 22.8. The molecule has 0 saturated carbocycles. The van der Waals surface area contributed by atoms with Crippen LogP contribution >= 0.6 is 0 Å². The fourth-order valence-electron chi connectivity index (χ4n) is 2.37. The predicted molar refractivity (Wildman–Crippen MR) is 75.4 cm³/mol. The summed E-state index contributed by atoms with van der Waals surface area (Å²) in [6.07, 6.45) is 0.317. The average Bonchev–Trinajstić information content (AvgIpc) is 2.62. The number of sulfone groups is 1. The van der Waals surface area contributed by atoms with Crippen LogP contribution in [0.2, 0.25) is 0 Å². The molecule has 1 unspecified atom stereocenters. The molecule has 0 aromatic heterocycles. The Morgan fingerprint density at radius 3 is 2.62 bits per heavy atom. The molecular weight excluding hydrogens is 300 g/mol. The number of carbonyl (C=O) groups is 1. The molecule has 1 aliphatic heterocycles. The average molecular weight is 314 g/mol. The molecule has 9 heteroatoms. The van der Waals surface area contributed by atoms with Crippen LogP contribution in [0.4, 0.5) is 11.4 Å². The van der Waals surface area contributed by atoms with Gasteiger partial charge in [-0.15, -0.1) is 0 Å². The highest BCUT2D eigenvalue weighted by Crippen LogP contribution is 2.31. The zero-order valence-corrected chi connectivity index (χ0v) is 12.0. The number of aromatic carboxylic acids is 1. The summed E-state index contributed by atoms with van der Waals surface area (Å²) in [4.78, 5) is 21.3. The van der Waals surface area contributed by atoms with Crippen molar-refractivity contribution < 1.29 is 23.2 Å². The molecule has 0 bridgehead atoms. The van der Waals surface area contributed by atoms with Crippen LogP contribution in [-0.4, -0.2) is 41.5 Å². The van der Waals surface area contributed by atoms with E-state index in [1.54, 1.807) is 6.92 Å². The van der Waals surface area contributed by atoms with Crippen LogP contribution in [0.5, 0.6) is 0 Å². The van der Waals surface area contributed by atoms with Crippen molar-refractivity contribution in [2.75, 3.05) is 16.8 Å². The molecule has 0 radical (unpaired) electrons. The second-order valence-corrected chi connectivity index (χ2v) is 7.50. The van der Waals surface area contributed by atoms with Gasteiger partial charge in [-0.3, -0.25) is 10.1 Å².